The second-order valence-corrected chi connectivity index (χ2v) is 5.75. The highest BCUT2D eigenvalue weighted by Gasteiger charge is 2.12. The Morgan fingerprint density at radius 2 is 1.95 bits per heavy atom. The summed E-state index contributed by atoms with van der Waals surface area (Å²) in [5, 5.41) is 4.30. The van der Waals surface area contributed by atoms with E-state index in [9.17, 15) is 4.39 Å². The minimum absolute atomic E-state index is 0.338. The molecule has 2 aromatic carbocycles. The highest BCUT2D eigenvalue weighted by Crippen LogP contribution is 2.31. The number of nitrogens with zero attached hydrogens (tertiary/aromatic N) is 2. The van der Waals surface area contributed by atoms with Crippen LogP contribution in [0.25, 0.3) is 22.3 Å². The van der Waals surface area contributed by atoms with Gasteiger partial charge in [0.2, 0.25) is 0 Å². The first-order valence-corrected chi connectivity index (χ1v) is 7.36. The average Bonchev–Trinajstić information content (AvgIpc) is 2.48. The summed E-state index contributed by atoms with van der Waals surface area (Å²) in [6, 6.07) is 9.86. The molecule has 0 aliphatic rings. The lowest BCUT2D eigenvalue weighted by Gasteiger charge is -2.09. The van der Waals surface area contributed by atoms with E-state index in [1.165, 1.54) is 12.1 Å². The molecular weight excluding hydrogens is 357 g/mol. The van der Waals surface area contributed by atoms with Gasteiger partial charge in [-0.05, 0) is 30.3 Å². The third-order valence-electron chi connectivity index (χ3n) is 3.07. The molecule has 6 heteroatoms. The summed E-state index contributed by atoms with van der Waals surface area (Å²) >= 11 is 9.61. The second kappa shape index (κ2) is 5.58. The third kappa shape index (κ3) is 2.71. The van der Waals surface area contributed by atoms with E-state index in [1.807, 2.05) is 12.1 Å². The van der Waals surface area contributed by atoms with E-state index in [0.717, 1.165) is 9.86 Å². The van der Waals surface area contributed by atoms with Crippen molar-refractivity contribution in [1.29, 1.82) is 0 Å². The van der Waals surface area contributed by atoms with Gasteiger partial charge in [0.25, 0.3) is 0 Å². The van der Waals surface area contributed by atoms with Gasteiger partial charge in [0, 0.05) is 28.5 Å². The Bertz CT molecular complexity index is 839. The second-order valence-electron chi connectivity index (χ2n) is 4.43. The van der Waals surface area contributed by atoms with Crippen LogP contribution in [0, 0.1) is 5.82 Å². The van der Waals surface area contributed by atoms with Gasteiger partial charge in [0.15, 0.2) is 5.82 Å². The van der Waals surface area contributed by atoms with E-state index in [0.29, 0.717) is 27.7 Å². The molecule has 1 heterocycles. The molecule has 0 fully saturated rings. The van der Waals surface area contributed by atoms with Crippen LogP contribution >= 0.6 is 27.5 Å². The molecule has 0 spiro atoms. The number of rotatable bonds is 2. The molecule has 0 saturated heterocycles. The Balaban J connectivity index is 2.30. The number of halogens is 3. The minimum Gasteiger partial charge on any atom is -0.373 e. The molecule has 0 bridgehead atoms. The van der Waals surface area contributed by atoms with E-state index >= 15 is 0 Å². The summed E-state index contributed by atoms with van der Waals surface area (Å²) in [4.78, 5) is 8.89. The van der Waals surface area contributed by atoms with Gasteiger partial charge in [-0.15, -0.1) is 0 Å². The van der Waals surface area contributed by atoms with Crippen LogP contribution < -0.4 is 5.32 Å². The van der Waals surface area contributed by atoms with Gasteiger partial charge in [-0.1, -0.05) is 27.5 Å². The van der Waals surface area contributed by atoms with Crippen LogP contribution in [-0.4, -0.2) is 17.0 Å². The Kier molecular flexibility index (Phi) is 3.78. The molecule has 106 valence electrons. The Morgan fingerprint density at radius 3 is 2.71 bits per heavy atom. The van der Waals surface area contributed by atoms with E-state index < -0.39 is 0 Å². The molecule has 0 unspecified atom stereocenters. The Labute approximate surface area is 134 Å². The fourth-order valence-corrected chi connectivity index (χ4v) is 2.65. The summed E-state index contributed by atoms with van der Waals surface area (Å²) in [6.07, 6.45) is 0. The molecule has 0 saturated carbocycles. The van der Waals surface area contributed by atoms with E-state index in [-0.39, 0.29) is 5.82 Å². The summed E-state index contributed by atoms with van der Waals surface area (Å²) < 4.78 is 14.3. The summed E-state index contributed by atoms with van der Waals surface area (Å²) in [6.45, 7) is 0. The first kappa shape index (κ1) is 14.2. The van der Waals surface area contributed by atoms with E-state index in [1.54, 1.807) is 19.2 Å². The van der Waals surface area contributed by atoms with Gasteiger partial charge in [-0.2, -0.15) is 0 Å². The average molecular weight is 367 g/mol. The number of fused-ring (bicyclic) bond motifs is 1. The molecular formula is C15H10BrClFN3. The van der Waals surface area contributed by atoms with Crippen molar-refractivity contribution < 1.29 is 4.39 Å². The number of aromatic nitrogens is 2. The highest BCUT2D eigenvalue weighted by atomic mass is 79.9. The normalized spacial score (nSPS) is 10.9. The van der Waals surface area contributed by atoms with Crippen molar-refractivity contribution in [3.8, 4) is 11.4 Å². The van der Waals surface area contributed by atoms with Gasteiger partial charge in [-0.3, -0.25) is 0 Å². The largest absolute Gasteiger partial charge is 0.373 e. The van der Waals surface area contributed by atoms with Crippen molar-refractivity contribution in [2.75, 3.05) is 12.4 Å². The molecule has 0 amide bonds. The molecule has 1 N–H and O–H groups in total. The first-order valence-electron chi connectivity index (χ1n) is 6.19. The van der Waals surface area contributed by atoms with Crippen LogP contribution in [-0.2, 0) is 0 Å². The highest BCUT2D eigenvalue weighted by molar-refractivity contribution is 9.10. The van der Waals surface area contributed by atoms with Crippen LogP contribution in [0.2, 0.25) is 5.02 Å². The molecule has 21 heavy (non-hydrogen) atoms. The maximum atomic E-state index is 13.4. The standard InChI is InChI=1S/C15H10BrClFN3/c1-19-14-10-4-3-9(18)7-13(10)20-15(21-14)11-6-8(16)2-5-12(11)17/h2-7H,1H3,(H,19,20,21). The number of hydrogen-bond donors (Lipinski definition) is 1. The predicted molar refractivity (Wildman–Crippen MR) is 87.2 cm³/mol. The van der Waals surface area contributed by atoms with Crippen LogP contribution in [0.5, 0.6) is 0 Å². The zero-order valence-electron chi connectivity index (χ0n) is 11.0. The lowest BCUT2D eigenvalue weighted by molar-refractivity contribution is 0.629. The zero-order valence-corrected chi connectivity index (χ0v) is 13.3. The summed E-state index contributed by atoms with van der Waals surface area (Å²) in [5.41, 5.74) is 1.22. The zero-order chi connectivity index (χ0) is 15.0. The summed E-state index contributed by atoms with van der Waals surface area (Å²) in [7, 11) is 1.76. The SMILES string of the molecule is CNc1nc(-c2cc(Br)ccc2Cl)nc2cc(F)ccc12. The lowest BCUT2D eigenvalue weighted by atomic mass is 10.1. The van der Waals surface area contributed by atoms with E-state index in [2.05, 4.69) is 31.2 Å². The molecule has 3 rings (SSSR count). The molecule has 0 atom stereocenters. The monoisotopic (exact) mass is 365 g/mol. The van der Waals surface area contributed by atoms with Gasteiger partial charge in [0.1, 0.15) is 11.6 Å². The first-order chi connectivity index (χ1) is 10.1. The molecule has 3 nitrogen and oxygen atoms in total. The van der Waals surface area contributed by atoms with Gasteiger partial charge in [0.05, 0.1) is 10.5 Å². The van der Waals surface area contributed by atoms with Crippen molar-refractivity contribution in [3.63, 3.8) is 0 Å². The Morgan fingerprint density at radius 1 is 1.14 bits per heavy atom. The van der Waals surface area contributed by atoms with Crippen LogP contribution in [0.1, 0.15) is 0 Å². The van der Waals surface area contributed by atoms with Crippen LogP contribution in [0.15, 0.2) is 40.9 Å². The maximum absolute atomic E-state index is 13.4. The van der Waals surface area contributed by atoms with Gasteiger partial charge in [-0.25, -0.2) is 14.4 Å². The van der Waals surface area contributed by atoms with E-state index in [4.69, 9.17) is 11.6 Å². The number of benzene rings is 2. The van der Waals surface area contributed by atoms with Crippen molar-refractivity contribution in [2.45, 2.75) is 0 Å². The summed E-state index contributed by atoms with van der Waals surface area (Å²) in [5.74, 6) is 0.740. The van der Waals surface area contributed by atoms with Crippen LogP contribution in [0.4, 0.5) is 10.2 Å². The molecule has 0 aliphatic heterocycles. The minimum atomic E-state index is -0.338. The smallest absolute Gasteiger partial charge is 0.163 e. The lowest BCUT2D eigenvalue weighted by Crippen LogP contribution is -1.99. The number of hydrogen-bond acceptors (Lipinski definition) is 3. The maximum Gasteiger partial charge on any atom is 0.163 e. The quantitative estimate of drug-likeness (QED) is 0.701. The van der Waals surface area contributed by atoms with Crippen molar-refractivity contribution in [3.05, 3.63) is 51.7 Å². The topological polar surface area (TPSA) is 37.8 Å². The third-order valence-corrected chi connectivity index (χ3v) is 3.89. The Hall–Kier alpha value is -1.72. The van der Waals surface area contributed by atoms with Crippen molar-refractivity contribution >= 4 is 44.3 Å². The molecule has 0 radical (unpaired) electrons. The number of nitrogens with one attached hydrogen (secondary N) is 1. The van der Waals surface area contributed by atoms with Crippen molar-refractivity contribution in [2.24, 2.45) is 0 Å². The van der Waals surface area contributed by atoms with Crippen LogP contribution in [0.3, 0.4) is 0 Å². The van der Waals surface area contributed by atoms with Crippen molar-refractivity contribution in [1.82, 2.24) is 9.97 Å². The predicted octanol–water partition coefficient (Wildman–Crippen LogP) is 4.89. The van der Waals surface area contributed by atoms with Gasteiger partial charge >= 0.3 is 0 Å². The van der Waals surface area contributed by atoms with Gasteiger partial charge < -0.3 is 5.32 Å². The fraction of sp³-hybridized carbons (Fsp3) is 0.0667. The molecule has 0 aliphatic carbocycles. The number of anilines is 1. The fourth-order valence-electron chi connectivity index (χ4n) is 2.08. The molecule has 3 aromatic rings. The molecule has 1 aromatic heterocycles.